The van der Waals surface area contributed by atoms with E-state index >= 15 is 0 Å². The number of amides is 4. The largest absolute Gasteiger partial charge is 0.371 e. The van der Waals surface area contributed by atoms with E-state index in [1.54, 1.807) is 6.92 Å². The minimum Gasteiger partial charge on any atom is -0.371 e. The van der Waals surface area contributed by atoms with Crippen LogP contribution in [0.25, 0.3) is 0 Å². The number of hydrogen-bond acceptors (Lipinski definition) is 6. The molecular formula is C24H41N5O5. The Labute approximate surface area is 201 Å². The lowest BCUT2D eigenvalue weighted by Crippen LogP contribution is -2.59. The van der Waals surface area contributed by atoms with E-state index in [-0.39, 0.29) is 41.4 Å². The van der Waals surface area contributed by atoms with Gasteiger partial charge in [-0.1, -0.05) is 13.8 Å². The summed E-state index contributed by atoms with van der Waals surface area (Å²) in [4.78, 5) is 52.7. The van der Waals surface area contributed by atoms with Gasteiger partial charge in [0.05, 0.1) is 11.7 Å². The summed E-state index contributed by atoms with van der Waals surface area (Å²) in [5.41, 5.74) is 11.3. The van der Waals surface area contributed by atoms with Crippen molar-refractivity contribution >= 4 is 23.6 Å². The zero-order valence-corrected chi connectivity index (χ0v) is 21.2. The van der Waals surface area contributed by atoms with Crippen molar-refractivity contribution in [2.24, 2.45) is 34.6 Å². The average Bonchev–Trinajstić information content (AvgIpc) is 3.07. The predicted molar refractivity (Wildman–Crippen MR) is 126 cm³/mol. The van der Waals surface area contributed by atoms with Crippen molar-refractivity contribution in [1.29, 1.82) is 0 Å². The lowest BCUT2D eigenvalue weighted by atomic mass is 9.91. The summed E-state index contributed by atoms with van der Waals surface area (Å²) < 4.78 is 5.87. The van der Waals surface area contributed by atoms with Crippen LogP contribution in [0.3, 0.4) is 0 Å². The van der Waals surface area contributed by atoms with Gasteiger partial charge in [-0.15, -0.1) is 0 Å². The molecule has 0 bridgehead atoms. The van der Waals surface area contributed by atoms with Gasteiger partial charge in [0.15, 0.2) is 0 Å². The van der Waals surface area contributed by atoms with Gasteiger partial charge in [0.1, 0.15) is 18.1 Å². The quantitative estimate of drug-likeness (QED) is 0.380. The molecule has 3 aliphatic rings. The molecule has 0 unspecified atom stereocenters. The molecule has 10 heteroatoms. The molecule has 0 radical (unpaired) electrons. The van der Waals surface area contributed by atoms with Gasteiger partial charge in [0.2, 0.25) is 23.6 Å². The smallest absolute Gasteiger partial charge is 0.243 e. The van der Waals surface area contributed by atoms with Crippen LogP contribution >= 0.6 is 0 Å². The number of rotatable bonds is 8. The van der Waals surface area contributed by atoms with Crippen LogP contribution in [0.1, 0.15) is 60.8 Å². The molecule has 1 aliphatic carbocycles. The van der Waals surface area contributed by atoms with E-state index in [0.717, 1.165) is 6.42 Å². The highest BCUT2D eigenvalue weighted by atomic mass is 16.5. The summed E-state index contributed by atoms with van der Waals surface area (Å²) in [6, 6.07) is -2.66. The van der Waals surface area contributed by atoms with E-state index in [4.69, 9.17) is 16.2 Å². The van der Waals surface area contributed by atoms with Crippen molar-refractivity contribution in [1.82, 2.24) is 15.5 Å². The van der Waals surface area contributed by atoms with Gasteiger partial charge in [-0.3, -0.25) is 19.2 Å². The Balaban J connectivity index is 1.74. The lowest BCUT2D eigenvalue weighted by Gasteiger charge is -2.35. The number of piperidine rings is 2. The van der Waals surface area contributed by atoms with E-state index in [1.165, 1.54) is 4.90 Å². The number of carbonyl (C=O) groups excluding carboxylic acids is 4. The van der Waals surface area contributed by atoms with Crippen LogP contribution in [0, 0.1) is 23.2 Å². The Morgan fingerprint density at radius 3 is 2.50 bits per heavy atom. The van der Waals surface area contributed by atoms with Gasteiger partial charge in [0.25, 0.3) is 0 Å². The highest BCUT2D eigenvalue weighted by Gasteiger charge is 2.69. The Kier molecular flexibility index (Phi) is 7.34. The van der Waals surface area contributed by atoms with Gasteiger partial charge in [0, 0.05) is 19.0 Å². The zero-order chi connectivity index (χ0) is 25.6. The maximum absolute atomic E-state index is 13.5. The standard InChI is InChI=1S/C24H41N5O5/c1-12(34-23(2,3)4)17(25)22(33)29-11-14-16(24(14,5)6)18(29)21(32)28-15(19(26)30)10-13-8-7-9-27-20(13)31/h12-18H,7-11,25H2,1-6H3,(H2,26,30)(H,27,31)(H,28,32)/t12-,13+,14+,15+,16+,17+,18+/m1/s1. The minimum absolute atomic E-state index is 0.0333. The molecule has 0 aromatic heterocycles. The van der Waals surface area contributed by atoms with Gasteiger partial charge in [-0.05, 0) is 64.2 Å². The van der Waals surface area contributed by atoms with Crippen molar-refractivity contribution in [3.63, 3.8) is 0 Å². The fraction of sp³-hybridized carbons (Fsp3) is 0.833. The molecule has 4 amide bonds. The number of hydrogen-bond donors (Lipinski definition) is 4. The fourth-order valence-corrected chi connectivity index (χ4v) is 5.68. The summed E-state index contributed by atoms with van der Waals surface area (Å²) in [5.74, 6) is -1.85. The molecule has 192 valence electrons. The molecule has 3 fully saturated rings. The van der Waals surface area contributed by atoms with Crippen LogP contribution in [0.5, 0.6) is 0 Å². The molecule has 6 N–H and O–H groups in total. The van der Waals surface area contributed by atoms with Crippen molar-refractivity contribution in [2.45, 2.75) is 90.6 Å². The molecule has 1 saturated carbocycles. The number of carbonyl (C=O) groups is 4. The summed E-state index contributed by atoms with van der Waals surface area (Å²) in [5, 5.41) is 5.54. The molecule has 34 heavy (non-hydrogen) atoms. The monoisotopic (exact) mass is 479 g/mol. The van der Waals surface area contributed by atoms with Crippen molar-refractivity contribution in [3.05, 3.63) is 0 Å². The van der Waals surface area contributed by atoms with Crippen LogP contribution < -0.4 is 22.1 Å². The van der Waals surface area contributed by atoms with Crippen LogP contribution in [-0.2, 0) is 23.9 Å². The first-order valence-corrected chi connectivity index (χ1v) is 12.3. The normalized spacial score (nSPS) is 30.6. The number of nitrogens with zero attached hydrogens (tertiary/aromatic N) is 1. The van der Waals surface area contributed by atoms with Crippen LogP contribution in [0.2, 0.25) is 0 Å². The van der Waals surface area contributed by atoms with Crippen LogP contribution in [0.4, 0.5) is 0 Å². The number of nitrogens with two attached hydrogens (primary N) is 2. The first-order valence-electron chi connectivity index (χ1n) is 12.3. The van der Waals surface area contributed by atoms with Gasteiger partial charge < -0.3 is 31.7 Å². The maximum atomic E-state index is 13.5. The first-order chi connectivity index (χ1) is 15.6. The summed E-state index contributed by atoms with van der Waals surface area (Å²) >= 11 is 0. The highest BCUT2D eigenvalue weighted by molar-refractivity contribution is 5.94. The molecule has 0 aromatic rings. The number of primary amides is 1. The molecule has 2 aliphatic heterocycles. The molecule has 7 atom stereocenters. The summed E-state index contributed by atoms with van der Waals surface area (Å²) in [7, 11) is 0. The average molecular weight is 480 g/mol. The number of ether oxygens (including phenoxy) is 1. The second kappa shape index (κ2) is 9.45. The van der Waals surface area contributed by atoms with Crippen LogP contribution in [0.15, 0.2) is 0 Å². The molecule has 3 rings (SSSR count). The summed E-state index contributed by atoms with van der Waals surface area (Å²) in [6.07, 6.45) is 1.05. The molecule has 10 nitrogen and oxygen atoms in total. The third-order valence-electron chi connectivity index (χ3n) is 7.67. The molecule has 0 aromatic carbocycles. The number of fused-ring (bicyclic) bond motifs is 1. The van der Waals surface area contributed by atoms with E-state index in [1.807, 2.05) is 20.8 Å². The molecule has 2 heterocycles. The number of nitrogens with one attached hydrogen (secondary N) is 2. The maximum Gasteiger partial charge on any atom is 0.243 e. The van der Waals surface area contributed by atoms with Gasteiger partial charge >= 0.3 is 0 Å². The summed E-state index contributed by atoms with van der Waals surface area (Å²) in [6.45, 7) is 12.6. The molecule has 2 saturated heterocycles. The zero-order valence-electron chi connectivity index (χ0n) is 21.2. The van der Waals surface area contributed by atoms with E-state index in [0.29, 0.717) is 19.5 Å². The topological polar surface area (TPSA) is 157 Å². The third-order valence-corrected chi connectivity index (χ3v) is 7.67. The fourth-order valence-electron chi connectivity index (χ4n) is 5.68. The Hall–Kier alpha value is -2.20. The predicted octanol–water partition coefficient (Wildman–Crippen LogP) is -0.113. The highest BCUT2D eigenvalue weighted by Crippen LogP contribution is 2.64. The number of likely N-dealkylation sites (tertiary alicyclic amines) is 1. The van der Waals surface area contributed by atoms with E-state index < -0.39 is 41.6 Å². The van der Waals surface area contributed by atoms with Crippen molar-refractivity contribution < 1.29 is 23.9 Å². The SMILES string of the molecule is C[C@@H](OC(C)(C)C)[C@H](N)C(=O)N1C[C@H]2[C@@H]([C@H]1C(=O)N[C@@H](C[C@@H]1CCCNC1=O)C(N)=O)C2(C)C. The lowest BCUT2D eigenvalue weighted by molar-refractivity contribution is -0.146. The van der Waals surface area contributed by atoms with Crippen molar-refractivity contribution in [2.75, 3.05) is 13.1 Å². The second-order valence-electron chi connectivity index (χ2n) is 11.7. The Bertz CT molecular complexity index is 838. The molecule has 0 spiro atoms. The molecular weight excluding hydrogens is 438 g/mol. The van der Waals surface area contributed by atoms with Gasteiger partial charge in [-0.2, -0.15) is 0 Å². The Morgan fingerprint density at radius 2 is 1.94 bits per heavy atom. The Morgan fingerprint density at radius 1 is 1.29 bits per heavy atom. The van der Waals surface area contributed by atoms with Crippen molar-refractivity contribution in [3.8, 4) is 0 Å². The van der Waals surface area contributed by atoms with Gasteiger partial charge in [-0.25, -0.2) is 0 Å². The third kappa shape index (κ3) is 5.38. The second-order valence-corrected chi connectivity index (χ2v) is 11.7. The first kappa shape index (κ1) is 26.4. The van der Waals surface area contributed by atoms with E-state index in [2.05, 4.69) is 24.5 Å². The van der Waals surface area contributed by atoms with E-state index in [9.17, 15) is 19.2 Å². The van der Waals surface area contributed by atoms with Crippen LogP contribution in [-0.4, -0.2) is 71.4 Å². The minimum atomic E-state index is -0.990.